The Hall–Kier alpha value is -1.55. The van der Waals surface area contributed by atoms with Crippen molar-refractivity contribution < 1.29 is 52.5 Å². The Balaban J connectivity index is 0.000000565. The summed E-state index contributed by atoms with van der Waals surface area (Å²) < 4.78 is 135. The first-order chi connectivity index (χ1) is 16.6. The molecule has 0 bridgehead atoms. The first-order valence-electron chi connectivity index (χ1n) is 10.6. The molecule has 0 aliphatic carbocycles. The zero-order chi connectivity index (χ0) is 30.6. The highest BCUT2D eigenvalue weighted by Crippen LogP contribution is 2.54. The highest BCUT2D eigenvalue weighted by atomic mass is 127. The average Bonchev–Trinajstić information content (AvgIpc) is 2.72. The Morgan fingerprint density at radius 3 is 1.21 bits per heavy atom. The van der Waals surface area contributed by atoms with E-state index < -0.39 is 33.4 Å². The highest BCUT2D eigenvalue weighted by molar-refractivity contribution is 14.1. The molecule has 0 saturated heterocycles. The van der Waals surface area contributed by atoms with Gasteiger partial charge in [0.05, 0.1) is 0 Å². The lowest BCUT2D eigenvalue weighted by molar-refractivity contribution is -0.382. The molecule has 38 heavy (non-hydrogen) atoms. The fourth-order valence-electron chi connectivity index (χ4n) is 2.41. The molecule has 0 fully saturated rings. The Labute approximate surface area is 229 Å². The molecular formula is C24H28F9IO3S. The molecule has 0 heterocycles. The van der Waals surface area contributed by atoms with Crippen LogP contribution < -0.4 is 0 Å². The molecule has 1 N–H and O–H groups in total. The minimum atomic E-state index is -7.37. The van der Waals surface area contributed by atoms with E-state index >= 15 is 0 Å². The van der Waals surface area contributed by atoms with Crippen molar-refractivity contribution in [3.05, 3.63) is 69.3 Å². The van der Waals surface area contributed by atoms with Gasteiger partial charge in [0.1, 0.15) is 0 Å². The van der Waals surface area contributed by atoms with Crippen molar-refractivity contribution in [1.82, 2.24) is 0 Å². The predicted octanol–water partition coefficient (Wildman–Crippen LogP) is 8.87. The number of alkyl halides is 9. The summed E-state index contributed by atoms with van der Waals surface area (Å²) in [5, 5.41) is -7.00. The predicted molar refractivity (Wildman–Crippen MR) is 135 cm³/mol. The van der Waals surface area contributed by atoms with Crippen LogP contribution in [0.3, 0.4) is 0 Å². The maximum atomic E-state index is 12.2. The third-order valence-corrected chi connectivity index (χ3v) is 6.41. The number of rotatable bonds is 3. The fraction of sp³-hybridized carbons (Fsp3) is 0.500. The van der Waals surface area contributed by atoms with E-state index in [1.165, 1.54) is 14.7 Å². The molecule has 0 radical (unpaired) electrons. The van der Waals surface area contributed by atoms with Crippen LogP contribution in [0.15, 0.2) is 54.6 Å². The Kier molecular flexibility index (Phi) is 11.8. The summed E-state index contributed by atoms with van der Waals surface area (Å²) in [7, 11) is -7.17. The molecule has 2 aromatic carbocycles. The molecule has 0 atom stereocenters. The lowest BCUT2D eigenvalue weighted by Gasteiger charge is -2.31. The smallest absolute Gasteiger partial charge is 0.281 e. The van der Waals surface area contributed by atoms with Gasteiger partial charge in [-0.05, 0) is 56.7 Å². The van der Waals surface area contributed by atoms with E-state index in [0.29, 0.717) is 5.41 Å². The van der Waals surface area contributed by atoms with Gasteiger partial charge in [-0.15, -0.1) is 0 Å². The van der Waals surface area contributed by atoms with Crippen molar-refractivity contribution in [3.63, 3.8) is 0 Å². The summed E-state index contributed by atoms with van der Waals surface area (Å²) >= 11 is 2.32. The Morgan fingerprint density at radius 2 is 0.947 bits per heavy atom. The summed E-state index contributed by atoms with van der Waals surface area (Å²) in [6, 6.07) is 19.3. The van der Waals surface area contributed by atoms with E-state index in [1.807, 2.05) is 0 Å². The van der Waals surface area contributed by atoms with E-state index in [4.69, 9.17) is 4.55 Å². The van der Waals surface area contributed by atoms with Crippen LogP contribution in [0, 0.1) is 3.57 Å². The van der Waals surface area contributed by atoms with Gasteiger partial charge in [0.2, 0.25) is 0 Å². The van der Waals surface area contributed by atoms with Gasteiger partial charge >= 0.3 is 33.4 Å². The van der Waals surface area contributed by atoms with Gasteiger partial charge in [0, 0.05) is 3.57 Å². The van der Waals surface area contributed by atoms with Crippen LogP contribution in [0.2, 0.25) is 0 Å². The molecule has 0 aliphatic rings. The van der Waals surface area contributed by atoms with Crippen molar-refractivity contribution in [2.24, 2.45) is 0 Å². The largest absolute Gasteiger partial charge is 0.460 e. The van der Waals surface area contributed by atoms with Crippen LogP contribution in [0.5, 0.6) is 0 Å². The molecular weight excluding hydrogens is 666 g/mol. The van der Waals surface area contributed by atoms with Crippen molar-refractivity contribution in [2.75, 3.05) is 0 Å². The highest BCUT2D eigenvalue weighted by Gasteiger charge is 2.85. The van der Waals surface area contributed by atoms with Crippen molar-refractivity contribution in [3.8, 4) is 0 Å². The molecule has 0 amide bonds. The van der Waals surface area contributed by atoms with E-state index in [0.717, 1.165) is 0 Å². The van der Waals surface area contributed by atoms with E-state index in [2.05, 4.69) is 119 Å². The number of hydrogen-bond donors (Lipinski definition) is 1. The summed E-state index contributed by atoms with van der Waals surface area (Å²) in [4.78, 5) is 0. The summed E-state index contributed by atoms with van der Waals surface area (Å²) in [6.45, 7) is 13.4. The van der Waals surface area contributed by atoms with Crippen LogP contribution >= 0.6 is 22.6 Å². The second-order valence-electron chi connectivity index (χ2n) is 10.0. The van der Waals surface area contributed by atoms with Crippen LogP contribution in [-0.2, 0) is 20.9 Å². The lowest BCUT2D eigenvalue weighted by Crippen LogP contribution is -2.63. The SMILES string of the molecule is CC(C)(C)c1ccc(I)cc1.CC(C)(C)c1ccccc1.O=S(=O)(O)C(F)(F)C(F)(F)C(F)(F)C(F)(F)F. The lowest BCUT2D eigenvalue weighted by atomic mass is 9.87. The van der Waals surface area contributed by atoms with Gasteiger partial charge in [0.25, 0.3) is 0 Å². The molecule has 0 aliphatic heterocycles. The van der Waals surface area contributed by atoms with Crippen LogP contribution in [0.1, 0.15) is 52.7 Å². The topological polar surface area (TPSA) is 54.4 Å². The molecule has 0 unspecified atom stereocenters. The van der Waals surface area contributed by atoms with Gasteiger partial charge in [-0.25, -0.2) is 0 Å². The quantitative estimate of drug-likeness (QED) is 0.199. The van der Waals surface area contributed by atoms with Gasteiger partial charge in [-0.1, -0.05) is 84.0 Å². The second-order valence-corrected chi connectivity index (χ2v) is 12.7. The third kappa shape index (κ3) is 9.28. The first kappa shape index (κ1) is 36.5. The maximum Gasteiger partial charge on any atom is 0.460 e. The number of hydrogen-bond acceptors (Lipinski definition) is 2. The first-order valence-corrected chi connectivity index (χ1v) is 13.1. The summed E-state index contributed by atoms with van der Waals surface area (Å²) in [5.41, 5.74) is 3.37. The standard InChI is InChI=1S/C10H13I.C10H14.C4HF9O3S/c1-10(2,3)8-4-6-9(11)7-5-8;1-10(2,3)9-7-5-4-6-8-9;5-1(6,3(9,10)11)2(7,8)4(12,13)17(14,15)16/h4-7H,1-3H3;4-8H,1-3H3;(H,14,15,16). The third-order valence-electron chi connectivity index (χ3n) is 4.79. The van der Waals surface area contributed by atoms with Gasteiger partial charge in [-0.2, -0.15) is 47.9 Å². The minimum Gasteiger partial charge on any atom is -0.281 e. The molecule has 14 heteroatoms. The minimum absolute atomic E-state index is 0.282. The van der Waals surface area contributed by atoms with Gasteiger partial charge in [-0.3, -0.25) is 4.55 Å². The van der Waals surface area contributed by atoms with Crippen molar-refractivity contribution >= 4 is 32.7 Å². The molecule has 2 rings (SSSR count). The molecule has 0 aromatic heterocycles. The fourth-order valence-corrected chi connectivity index (χ4v) is 3.22. The molecule has 2 aromatic rings. The Bertz CT molecular complexity index is 1120. The van der Waals surface area contributed by atoms with E-state index in [1.54, 1.807) is 0 Å². The zero-order valence-corrected chi connectivity index (χ0v) is 24.1. The maximum absolute atomic E-state index is 12.2. The van der Waals surface area contributed by atoms with Gasteiger partial charge in [0.15, 0.2) is 0 Å². The number of halogens is 10. The van der Waals surface area contributed by atoms with Crippen molar-refractivity contribution in [2.45, 2.75) is 75.6 Å². The van der Waals surface area contributed by atoms with E-state index in [-0.39, 0.29) is 5.41 Å². The molecule has 0 spiro atoms. The van der Waals surface area contributed by atoms with Gasteiger partial charge < -0.3 is 0 Å². The normalized spacial score (nSPS) is 13.6. The summed E-state index contributed by atoms with van der Waals surface area (Å²) in [6.07, 6.45) is -7.13. The molecule has 3 nitrogen and oxygen atoms in total. The summed E-state index contributed by atoms with van der Waals surface area (Å²) in [5.74, 6) is -14.7. The van der Waals surface area contributed by atoms with E-state index in [9.17, 15) is 47.9 Å². The average molecular weight is 694 g/mol. The van der Waals surface area contributed by atoms with Crippen LogP contribution in [0.25, 0.3) is 0 Å². The zero-order valence-electron chi connectivity index (χ0n) is 21.1. The van der Waals surface area contributed by atoms with Crippen LogP contribution in [0.4, 0.5) is 39.5 Å². The molecule has 218 valence electrons. The Morgan fingerprint density at radius 1 is 0.605 bits per heavy atom. The van der Waals surface area contributed by atoms with Crippen LogP contribution in [-0.4, -0.2) is 36.2 Å². The molecule has 0 saturated carbocycles. The number of benzene rings is 2. The second kappa shape index (κ2) is 12.3. The van der Waals surface area contributed by atoms with Crippen molar-refractivity contribution in [1.29, 1.82) is 0 Å². The monoisotopic (exact) mass is 694 g/mol.